The third-order valence-electron chi connectivity index (χ3n) is 4.84. The molecular formula is C21H30N2O5. The Morgan fingerprint density at radius 3 is 2.82 bits per heavy atom. The van der Waals surface area contributed by atoms with Gasteiger partial charge in [-0.1, -0.05) is 25.1 Å². The van der Waals surface area contributed by atoms with Crippen LogP contribution in [-0.2, 0) is 4.74 Å². The Kier molecular flexibility index (Phi) is 9.13. The quantitative estimate of drug-likeness (QED) is 0.285. The van der Waals surface area contributed by atoms with Crippen molar-refractivity contribution in [2.45, 2.75) is 32.5 Å². The van der Waals surface area contributed by atoms with E-state index in [2.05, 4.69) is 4.90 Å². The Labute approximate surface area is 166 Å². The van der Waals surface area contributed by atoms with E-state index < -0.39 is 6.29 Å². The van der Waals surface area contributed by atoms with Crippen molar-refractivity contribution >= 4 is 0 Å². The van der Waals surface area contributed by atoms with E-state index >= 15 is 0 Å². The van der Waals surface area contributed by atoms with Crippen LogP contribution < -0.4 is 4.74 Å². The second kappa shape index (κ2) is 11.6. The number of rotatable bonds is 10. The first-order valence-electron chi connectivity index (χ1n) is 9.70. The van der Waals surface area contributed by atoms with E-state index in [0.717, 1.165) is 38.2 Å². The van der Waals surface area contributed by atoms with Gasteiger partial charge in [0, 0.05) is 25.3 Å². The van der Waals surface area contributed by atoms with Crippen LogP contribution >= 0.6 is 0 Å². The summed E-state index contributed by atoms with van der Waals surface area (Å²) in [6, 6.07) is 7.31. The van der Waals surface area contributed by atoms with Crippen molar-refractivity contribution in [1.82, 2.24) is 4.90 Å². The normalized spacial score (nSPS) is 17.8. The number of hydrogen-bond acceptors (Lipinski definition) is 6. The molecule has 0 saturated carbocycles. The summed E-state index contributed by atoms with van der Waals surface area (Å²) in [5.41, 5.74) is 0.833. The SMILES string of the molecule is CC/C=C(\C=C/CN1CCC(COc2cccc(C(O)OC)c2)CC1)[N+](=O)[O-]. The molecular weight excluding hydrogens is 360 g/mol. The number of aliphatic hydroxyl groups excluding tert-OH is 1. The first kappa shape index (κ1) is 22.1. The molecule has 1 aromatic carbocycles. The van der Waals surface area contributed by atoms with Crippen molar-refractivity contribution in [2.24, 2.45) is 5.92 Å². The van der Waals surface area contributed by atoms with E-state index in [0.29, 0.717) is 24.5 Å². The fraction of sp³-hybridized carbons (Fsp3) is 0.524. The van der Waals surface area contributed by atoms with Gasteiger partial charge in [-0.2, -0.15) is 0 Å². The lowest BCUT2D eigenvalue weighted by Crippen LogP contribution is -2.35. The minimum absolute atomic E-state index is 0.159. The van der Waals surface area contributed by atoms with Gasteiger partial charge >= 0.3 is 0 Å². The maximum absolute atomic E-state index is 10.9. The van der Waals surface area contributed by atoms with E-state index in [1.54, 1.807) is 24.3 Å². The number of allylic oxidation sites excluding steroid dienone is 2. The van der Waals surface area contributed by atoms with Crippen LogP contribution in [0.5, 0.6) is 5.75 Å². The highest BCUT2D eigenvalue weighted by molar-refractivity contribution is 5.29. The lowest BCUT2D eigenvalue weighted by Gasteiger charge is -2.31. The van der Waals surface area contributed by atoms with Gasteiger partial charge in [-0.15, -0.1) is 0 Å². The van der Waals surface area contributed by atoms with Crippen LogP contribution in [0.15, 0.2) is 48.2 Å². The molecule has 154 valence electrons. The third-order valence-corrected chi connectivity index (χ3v) is 4.84. The number of aliphatic hydroxyl groups is 1. The number of likely N-dealkylation sites (tertiary alicyclic amines) is 1. The molecule has 7 nitrogen and oxygen atoms in total. The number of methoxy groups -OCH3 is 1. The average Bonchev–Trinajstić information content (AvgIpc) is 2.72. The van der Waals surface area contributed by atoms with Gasteiger partial charge in [-0.3, -0.25) is 15.0 Å². The molecule has 0 bridgehead atoms. The molecule has 2 rings (SSSR count). The van der Waals surface area contributed by atoms with Gasteiger partial charge in [0.1, 0.15) is 5.75 Å². The highest BCUT2D eigenvalue weighted by atomic mass is 16.6. The molecule has 28 heavy (non-hydrogen) atoms. The average molecular weight is 390 g/mol. The summed E-state index contributed by atoms with van der Waals surface area (Å²) in [7, 11) is 1.46. The molecule has 1 unspecified atom stereocenters. The van der Waals surface area contributed by atoms with Crippen molar-refractivity contribution in [3.05, 3.63) is 63.9 Å². The maximum atomic E-state index is 10.9. The summed E-state index contributed by atoms with van der Waals surface area (Å²) in [4.78, 5) is 12.9. The summed E-state index contributed by atoms with van der Waals surface area (Å²) >= 11 is 0. The Balaban J connectivity index is 1.74. The zero-order valence-electron chi connectivity index (χ0n) is 16.6. The van der Waals surface area contributed by atoms with Gasteiger partial charge in [-0.25, -0.2) is 0 Å². The van der Waals surface area contributed by atoms with Crippen molar-refractivity contribution in [2.75, 3.05) is 33.4 Å². The minimum atomic E-state index is -0.942. The standard InChI is InChI=1S/C21H30N2O5/c1-3-6-19(23(25)26)8-5-12-22-13-10-17(11-14-22)16-28-20-9-4-7-18(15-20)21(24)27-2/h4-9,15,17,21,24H,3,10-14,16H2,1-2H3/b8-5-,19-6+. The second-order valence-electron chi connectivity index (χ2n) is 6.91. The van der Waals surface area contributed by atoms with E-state index in [-0.39, 0.29) is 10.6 Å². The van der Waals surface area contributed by atoms with Crippen LogP contribution in [0.4, 0.5) is 0 Å². The molecule has 0 amide bonds. The number of hydrogen-bond donors (Lipinski definition) is 1. The van der Waals surface area contributed by atoms with Gasteiger partial charge in [0.15, 0.2) is 6.29 Å². The number of nitrogens with zero attached hydrogens (tertiary/aromatic N) is 2. The lowest BCUT2D eigenvalue weighted by atomic mass is 9.98. The predicted molar refractivity (Wildman–Crippen MR) is 108 cm³/mol. The Bertz CT molecular complexity index is 681. The smallest absolute Gasteiger partial charge is 0.265 e. The van der Waals surface area contributed by atoms with Crippen LogP contribution in [0.3, 0.4) is 0 Å². The van der Waals surface area contributed by atoms with Crippen LogP contribution in [-0.4, -0.2) is 48.3 Å². The Morgan fingerprint density at radius 1 is 1.43 bits per heavy atom. The lowest BCUT2D eigenvalue weighted by molar-refractivity contribution is -0.419. The zero-order chi connectivity index (χ0) is 20.4. The Morgan fingerprint density at radius 2 is 2.18 bits per heavy atom. The highest BCUT2D eigenvalue weighted by Crippen LogP contribution is 2.22. The number of ether oxygens (including phenoxy) is 2. The topological polar surface area (TPSA) is 85.1 Å². The van der Waals surface area contributed by atoms with E-state index in [9.17, 15) is 15.2 Å². The highest BCUT2D eigenvalue weighted by Gasteiger charge is 2.19. The van der Waals surface area contributed by atoms with E-state index in [1.807, 2.05) is 25.1 Å². The number of benzene rings is 1. The summed E-state index contributed by atoms with van der Waals surface area (Å²) in [5.74, 6) is 1.21. The molecule has 0 aliphatic carbocycles. The molecule has 1 fully saturated rings. The van der Waals surface area contributed by atoms with Crippen molar-refractivity contribution in [3.63, 3.8) is 0 Å². The van der Waals surface area contributed by atoms with Crippen LogP contribution in [0, 0.1) is 16.0 Å². The van der Waals surface area contributed by atoms with Gasteiger partial charge < -0.3 is 14.6 Å². The molecule has 0 spiro atoms. The fourth-order valence-corrected chi connectivity index (χ4v) is 3.18. The number of piperidine rings is 1. The van der Waals surface area contributed by atoms with Gasteiger partial charge in [0.05, 0.1) is 11.5 Å². The molecule has 1 atom stereocenters. The summed E-state index contributed by atoms with van der Waals surface area (Å²) in [6.07, 6.45) is 6.86. The molecule has 0 aromatic heterocycles. The first-order valence-corrected chi connectivity index (χ1v) is 9.70. The van der Waals surface area contributed by atoms with Gasteiger partial charge in [0.25, 0.3) is 5.70 Å². The van der Waals surface area contributed by atoms with Crippen LogP contribution in [0.2, 0.25) is 0 Å². The largest absolute Gasteiger partial charge is 0.493 e. The maximum Gasteiger partial charge on any atom is 0.265 e. The van der Waals surface area contributed by atoms with Gasteiger partial charge in [0.2, 0.25) is 0 Å². The van der Waals surface area contributed by atoms with Gasteiger partial charge in [-0.05, 0) is 56.5 Å². The third kappa shape index (κ3) is 7.07. The van der Waals surface area contributed by atoms with E-state index in [1.165, 1.54) is 7.11 Å². The van der Waals surface area contributed by atoms with Crippen molar-refractivity contribution in [3.8, 4) is 5.75 Å². The molecule has 1 N–H and O–H groups in total. The summed E-state index contributed by atoms with van der Waals surface area (Å²) in [5, 5.41) is 20.7. The van der Waals surface area contributed by atoms with E-state index in [4.69, 9.17) is 9.47 Å². The summed E-state index contributed by atoms with van der Waals surface area (Å²) < 4.78 is 10.8. The van der Waals surface area contributed by atoms with Crippen molar-refractivity contribution in [1.29, 1.82) is 0 Å². The molecule has 1 aromatic rings. The second-order valence-corrected chi connectivity index (χ2v) is 6.91. The minimum Gasteiger partial charge on any atom is -0.493 e. The molecule has 1 heterocycles. The number of nitro groups is 1. The molecule has 1 saturated heterocycles. The monoisotopic (exact) mass is 390 g/mol. The van der Waals surface area contributed by atoms with Crippen molar-refractivity contribution < 1.29 is 19.5 Å². The predicted octanol–water partition coefficient (Wildman–Crippen LogP) is 3.54. The fourth-order valence-electron chi connectivity index (χ4n) is 3.18. The Hall–Kier alpha value is -2.22. The molecule has 0 radical (unpaired) electrons. The summed E-state index contributed by atoms with van der Waals surface area (Å²) in [6.45, 7) is 5.15. The molecule has 7 heteroatoms. The van der Waals surface area contributed by atoms with Crippen LogP contribution in [0.25, 0.3) is 0 Å². The molecule has 1 aliphatic heterocycles. The zero-order valence-corrected chi connectivity index (χ0v) is 16.6. The molecule has 1 aliphatic rings. The first-order chi connectivity index (χ1) is 13.5. The van der Waals surface area contributed by atoms with Crippen LogP contribution in [0.1, 0.15) is 38.0 Å².